The number of carbonyl (C=O) groups is 1. The molecule has 20 heavy (non-hydrogen) atoms. The van der Waals surface area contributed by atoms with Gasteiger partial charge in [-0.2, -0.15) is 0 Å². The van der Waals surface area contributed by atoms with Crippen LogP contribution in [0.2, 0.25) is 0 Å². The molecule has 3 rings (SSSR count). The molecule has 2 saturated heterocycles. The lowest BCUT2D eigenvalue weighted by atomic mass is 9.90. The summed E-state index contributed by atoms with van der Waals surface area (Å²) in [5.74, 6) is -0.236. The Balaban J connectivity index is 1.55. The molecule has 1 aliphatic carbocycles. The second-order valence-electron chi connectivity index (χ2n) is 6.09. The van der Waals surface area contributed by atoms with Gasteiger partial charge in [0, 0.05) is 25.0 Å². The van der Waals surface area contributed by atoms with E-state index in [1.54, 1.807) is 0 Å². The first-order valence-electron chi connectivity index (χ1n) is 7.66. The van der Waals surface area contributed by atoms with Crippen molar-refractivity contribution in [3.8, 4) is 0 Å². The summed E-state index contributed by atoms with van der Waals surface area (Å²) in [4.78, 5) is 14.2. The minimum absolute atomic E-state index is 0.0602. The van der Waals surface area contributed by atoms with Crippen LogP contribution in [0.1, 0.15) is 32.6 Å². The molecule has 2 amide bonds. The SMILES string of the molecule is CC1([C@@H]2CCCN(C(=O)NC3CC=CC3)C2)OCCO1. The molecule has 0 aromatic heterocycles. The van der Waals surface area contributed by atoms with Gasteiger partial charge in [-0.25, -0.2) is 4.79 Å². The first kappa shape index (κ1) is 13.9. The summed E-state index contributed by atoms with van der Waals surface area (Å²) >= 11 is 0. The van der Waals surface area contributed by atoms with Crippen LogP contribution >= 0.6 is 0 Å². The Hall–Kier alpha value is -1.07. The van der Waals surface area contributed by atoms with Gasteiger partial charge in [-0.3, -0.25) is 0 Å². The van der Waals surface area contributed by atoms with Crippen molar-refractivity contribution in [3.05, 3.63) is 12.2 Å². The minimum Gasteiger partial charge on any atom is -0.347 e. The summed E-state index contributed by atoms with van der Waals surface area (Å²) in [6, 6.07) is 0.336. The van der Waals surface area contributed by atoms with Crippen LogP contribution < -0.4 is 5.32 Å². The van der Waals surface area contributed by atoms with E-state index in [1.165, 1.54) is 0 Å². The van der Waals surface area contributed by atoms with E-state index < -0.39 is 5.79 Å². The van der Waals surface area contributed by atoms with Crippen molar-refractivity contribution in [1.29, 1.82) is 0 Å². The average molecular weight is 280 g/mol. The van der Waals surface area contributed by atoms with Crippen LogP contribution in [-0.4, -0.2) is 49.1 Å². The van der Waals surface area contributed by atoms with E-state index in [1.807, 2.05) is 11.8 Å². The average Bonchev–Trinajstić information content (AvgIpc) is 3.11. The van der Waals surface area contributed by atoms with Gasteiger partial charge >= 0.3 is 6.03 Å². The number of ether oxygens (including phenoxy) is 2. The van der Waals surface area contributed by atoms with Crippen LogP contribution in [0.5, 0.6) is 0 Å². The van der Waals surface area contributed by atoms with E-state index >= 15 is 0 Å². The number of nitrogens with zero attached hydrogens (tertiary/aromatic N) is 1. The molecule has 2 aliphatic heterocycles. The number of urea groups is 1. The fourth-order valence-corrected chi connectivity index (χ4v) is 3.36. The number of amides is 2. The third-order valence-electron chi connectivity index (χ3n) is 4.65. The van der Waals surface area contributed by atoms with Crippen molar-refractivity contribution in [2.75, 3.05) is 26.3 Å². The van der Waals surface area contributed by atoms with Gasteiger partial charge in [0.25, 0.3) is 0 Å². The normalized spacial score (nSPS) is 29.9. The highest BCUT2D eigenvalue weighted by molar-refractivity contribution is 5.74. The number of nitrogens with one attached hydrogen (secondary N) is 1. The van der Waals surface area contributed by atoms with Crippen LogP contribution in [0.4, 0.5) is 4.79 Å². The van der Waals surface area contributed by atoms with Gasteiger partial charge in [-0.1, -0.05) is 12.2 Å². The highest BCUT2D eigenvalue weighted by Gasteiger charge is 2.42. The number of hydrogen-bond acceptors (Lipinski definition) is 3. The Labute approximate surface area is 120 Å². The maximum atomic E-state index is 12.3. The van der Waals surface area contributed by atoms with Crippen LogP contribution in [-0.2, 0) is 9.47 Å². The van der Waals surface area contributed by atoms with Crippen molar-refractivity contribution in [3.63, 3.8) is 0 Å². The summed E-state index contributed by atoms with van der Waals surface area (Å²) in [6.45, 7) is 4.88. The zero-order chi connectivity index (χ0) is 14.0. The summed E-state index contributed by atoms with van der Waals surface area (Å²) in [7, 11) is 0. The highest BCUT2D eigenvalue weighted by Crippen LogP contribution is 2.34. The lowest BCUT2D eigenvalue weighted by Gasteiger charge is -2.40. The van der Waals surface area contributed by atoms with Gasteiger partial charge in [-0.05, 0) is 32.6 Å². The molecule has 0 unspecified atom stereocenters. The molecule has 1 atom stereocenters. The van der Waals surface area contributed by atoms with Gasteiger partial charge in [0.15, 0.2) is 5.79 Å². The number of rotatable bonds is 2. The lowest BCUT2D eigenvalue weighted by Crippen LogP contribution is -2.52. The number of hydrogen-bond donors (Lipinski definition) is 1. The third-order valence-corrected chi connectivity index (χ3v) is 4.65. The predicted molar refractivity (Wildman–Crippen MR) is 75.3 cm³/mol. The van der Waals surface area contributed by atoms with Crippen molar-refractivity contribution in [1.82, 2.24) is 10.2 Å². The Bertz CT molecular complexity index is 383. The molecule has 0 bridgehead atoms. The zero-order valence-electron chi connectivity index (χ0n) is 12.1. The molecule has 3 aliphatic rings. The second kappa shape index (κ2) is 5.74. The first-order valence-corrected chi connectivity index (χ1v) is 7.66. The molecule has 2 heterocycles. The molecule has 2 fully saturated rings. The predicted octanol–water partition coefficient (Wildman–Crippen LogP) is 1.89. The van der Waals surface area contributed by atoms with Gasteiger partial charge in [0.05, 0.1) is 13.2 Å². The van der Waals surface area contributed by atoms with Crippen LogP contribution in [0, 0.1) is 5.92 Å². The molecular formula is C15H24N2O3. The lowest BCUT2D eigenvalue weighted by molar-refractivity contribution is -0.189. The van der Waals surface area contributed by atoms with Crippen molar-refractivity contribution < 1.29 is 14.3 Å². The fourth-order valence-electron chi connectivity index (χ4n) is 3.36. The van der Waals surface area contributed by atoms with Crippen LogP contribution in [0.15, 0.2) is 12.2 Å². The Morgan fingerprint density at radius 1 is 1.30 bits per heavy atom. The largest absolute Gasteiger partial charge is 0.347 e. The Kier molecular flexibility index (Phi) is 3.98. The van der Waals surface area contributed by atoms with Crippen LogP contribution in [0.3, 0.4) is 0 Å². The molecular weight excluding hydrogens is 256 g/mol. The topological polar surface area (TPSA) is 50.8 Å². The molecule has 112 valence electrons. The van der Waals surface area contributed by atoms with E-state index in [0.29, 0.717) is 13.2 Å². The number of carbonyl (C=O) groups excluding carboxylic acids is 1. The maximum Gasteiger partial charge on any atom is 0.317 e. The smallest absolute Gasteiger partial charge is 0.317 e. The van der Waals surface area contributed by atoms with E-state index in [4.69, 9.17) is 9.47 Å². The summed E-state index contributed by atoms with van der Waals surface area (Å²) in [6.07, 6.45) is 8.24. The summed E-state index contributed by atoms with van der Waals surface area (Å²) < 4.78 is 11.5. The first-order chi connectivity index (χ1) is 9.67. The fraction of sp³-hybridized carbons (Fsp3) is 0.800. The minimum atomic E-state index is -0.506. The summed E-state index contributed by atoms with van der Waals surface area (Å²) in [5.41, 5.74) is 0. The third kappa shape index (κ3) is 2.83. The molecule has 0 saturated carbocycles. The van der Waals surface area contributed by atoms with Crippen molar-refractivity contribution in [2.24, 2.45) is 5.92 Å². The highest BCUT2D eigenvalue weighted by atomic mass is 16.7. The molecule has 0 radical (unpaired) electrons. The number of piperidine rings is 1. The van der Waals surface area contributed by atoms with E-state index in [0.717, 1.165) is 38.8 Å². The molecule has 1 N–H and O–H groups in total. The molecule has 0 spiro atoms. The quantitative estimate of drug-likeness (QED) is 0.786. The van der Waals surface area contributed by atoms with Gasteiger partial charge < -0.3 is 19.7 Å². The monoisotopic (exact) mass is 280 g/mol. The second-order valence-corrected chi connectivity index (χ2v) is 6.09. The van der Waals surface area contributed by atoms with Crippen molar-refractivity contribution >= 4 is 6.03 Å². The van der Waals surface area contributed by atoms with E-state index in [2.05, 4.69) is 17.5 Å². The van der Waals surface area contributed by atoms with Gasteiger partial charge in [0.1, 0.15) is 0 Å². The Morgan fingerprint density at radius 3 is 2.70 bits per heavy atom. The molecule has 0 aromatic rings. The standard InChI is InChI=1S/C15H24N2O3/c1-15(19-9-10-20-15)12-5-4-8-17(11-12)14(18)16-13-6-2-3-7-13/h2-3,12-13H,4-11H2,1H3,(H,16,18)/t12-/m1/s1. The van der Waals surface area contributed by atoms with E-state index in [-0.39, 0.29) is 18.0 Å². The van der Waals surface area contributed by atoms with E-state index in [9.17, 15) is 4.79 Å². The zero-order valence-corrected chi connectivity index (χ0v) is 12.1. The molecule has 0 aromatic carbocycles. The van der Waals surface area contributed by atoms with Crippen molar-refractivity contribution in [2.45, 2.75) is 44.4 Å². The van der Waals surface area contributed by atoms with Gasteiger partial charge in [-0.15, -0.1) is 0 Å². The molecule has 5 heteroatoms. The van der Waals surface area contributed by atoms with Crippen LogP contribution in [0.25, 0.3) is 0 Å². The molecule has 5 nitrogen and oxygen atoms in total. The van der Waals surface area contributed by atoms with Gasteiger partial charge in [0.2, 0.25) is 0 Å². The number of likely N-dealkylation sites (tertiary alicyclic amines) is 1. The Morgan fingerprint density at radius 2 is 2.00 bits per heavy atom. The maximum absolute atomic E-state index is 12.3. The summed E-state index contributed by atoms with van der Waals surface area (Å²) in [5, 5.41) is 3.12.